The minimum absolute atomic E-state index is 0.0900. The summed E-state index contributed by atoms with van der Waals surface area (Å²) in [5.74, 6) is 1.54. The molecule has 2 aromatic carbocycles. The third-order valence-electron chi connectivity index (χ3n) is 4.37. The lowest BCUT2D eigenvalue weighted by atomic mass is 10.1. The van der Waals surface area contributed by atoms with Crippen LogP contribution in [-0.4, -0.2) is 32.2 Å². The zero-order valence-electron chi connectivity index (χ0n) is 13.5. The van der Waals surface area contributed by atoms with Crippen LogP contribution in [0.4, 0.5) is 11.4 Å². The van der Waals surface area contributed by atoms with E-state index in [0.717, 1.165) is 30.0 Å². The summed E-state index contributed by atoms with van der Waals surface area (Å²) in [4.78, 5) is 14.2. The van der Waals surface area contributed by atoms with Crippen molar-refractivity contribution in [3.8, 4) is 11.5 Å². The first kappa shape index (κ1) is 14.9. The molecule has 5 nitrogen and oxygen atoms in total. The lowest BCUT2D eigenvalue weighted by Crippen LogP contribution is -2.40. The molecule has 24 heavy (non-hydrogen) atoms. The quantitative estimate of drug-likeness (QED) is 0.939. The van der Waals surface area contributed by atoms with Crippen LogP contribution in [-0.2, 0) is 11.2 Å². The Bertz CT molecular complexity index is 746. The van der Waals surface area contributed by atoms with Gasteiger partial charge < -0.3 is 19.7 Å². The van der Waals surface area contributed by atoms with E-state index in [4.69, 9.17) is 9.47 Å². The molecule has 0 fully saturated rings. The second-order valence-corrected chi connectivity index (χ2v) is 6.00. The topological polar surface area (TPSA) is 50.8 Å². The van der Waals surface area contributed by atoms with E-state index >= 15 is 0 Å². The number of ether oxygens (including phenoxy) is 2. The molecule has 0 bridgehead atoms. The number of hydrogen-bond acceptors (Lipinski definition) is 4. The maximum atomic E-state index is 12.4. The number of fused-ring (bicyclic) bond motifs is 2. The normalized spacial score (nSPS) is 15.7. The van der Waals surface area contributed by atoms with E-state index in [1.54, 1.807) is 0 Å². The van der Waals surface area contributed by atoms with E-state index in [2.05, 4.69) is 17.4 Å². The van der Waals surface area contributed by atoms with Gasteiger partial charge in [-0.1, -0.05) is 30.3 Å². The molecule has 5 heteroatoms. The minimum Gasteiger partial charge on any atom is -0.486 e. The summed E-state index contributed by atoms with van der Waals surface area (Å²) in [5, 5.41) is 3.17. The van der Waals surface area contributed by atoms with Gasteiger partial charge in [0, 0.05) is 18.7 Å². The Morgan fingerprint density at radius 1 is 1.04 bits per heavy atom. The molecule has 0 saturated heterocycles. The first-order valence-corrected chi connectivity index (χ1v) is 8.33. The van der Waals surface area contributed by atoms with Crippen molar-refractivity contribution in [3.63, 3.8) is 0 Å². The standard InChI is InChI=1S/C19H20N2O3/c22-19-13-20-15-11-17-18(24-10-9-23-17)12-16(15)21(19)8-4-7-14-5-2-1-3-6-14/h1-3,5-6,11-12,20H,4,7-10,13H2. The maximum absolute atomic E-state index is 12.4. The number of benzene rings is 2. The van der Waals surface area contributed by atoms with E-state index in [0.29, 0.717) is 32.1 Å². The SMILES string of the molecule is O=C1CNc2cc3c(cc2N1CCCc1ccccc1)OCCO3. The predicted molar refractivity (Wildman–Crippen MR) is 93.0 cm³/mol. The third-order valence-corrected chi connectivity index (χ3v) is 4.37. The van der Waals surface area contributed by atoms with Gasteiger partial charge in [0.25, 0.3) is 0 Å². The molecule has 4 rings (SSSR count). The molecule has 124 valence electrons. The molecule has 1 amide bonds. The molecule has 2 aliphatic rings. The first-order chi connectivity index (χ1) is 11.8. The Morgan fingerprint density at radius 2 is 1.79 bits per heavy atom. The second kappa shape index (κ2) is 6.43. The molecule has 2 aliphatic heterocycles. The fourth-order valence-electron chi connectivity index (χ4n) is 3.17. The summed E-state index contributed by atoms with van der Waals surface area (Å²) in [7, 11) is 0. The van der Waals surface area contributed by atoms with E-state index in [9.17, 15) is 4.79 Å². The molecule has 0 atom stereocenters. The van der Waals surface area contributed by atoms with Gasteiger partial charge in [-0.2, -0.15) is 0 Å². The predicted octanol–water partition coefficient (Wildman–Crippen LogP) is 2.85. The van der Waals surface area contributed by atoms with Crippen molar-refractivity contribution < 1.29 is 14.3 Å². The van der Waals surface area contributed by atoms with E-state index < -0.39 is 0 Å². The highest BCUT2D eigenvalue weighted by atomic mass is 16.6. The second-order valence-electron chi connectivity index (χ2n) is 6.00. The van der Waals surface area contributed by atoms with Crippen LogP contribution in [0.5, 0.6) is 11.5 Å². The minimum atomic E-state index is 0.0900. The largest absolute Gasteiger partial charge is 0.486 e. The van der Waals surface area contributed by atoms with Gasteiger partial charge in [0.15, 0.2) is 11.5 Å². The molecule has 0 radical (unpaired) electrons. The highest BCUT2D eigenvalue weighted by molar-refractivity contribution is 6.03. The summed E-state index contributed by atoms with van der Waals surface area (Å²) >= 11 is 0. The Labute approximate surface area is 141 Å². The van der Waals surface area contributed by atoms with E-state index in [1.807, 2.05) is 35.2 Å². The zero-order valence-corrected chi connectivity index (χ0v) is 13.5. The fourth-order valence-corrected chi connectivity index (χ4v) is 3.17. The summed E-state index contributed by atoms with van der Waals surface area (Å²) in [6, 6.07) is 14.2. The highest BCUT2D eigenvalue weighted by Gasteiger charge is 2.26. The van der Waals surface area contributed by atoms with Crippen LogP contribution in [0, 0.1) is 0 Å². The number of nitrogens with zero attached hydrogens (tertiary/aromatic N) is 1. The third kappa shape index (κ3) is 2.89. The van der Waals surface area contributed by atoms with Gasteiger partial charge >= 0.3 is 0 Å². The van der Waals surface area contributed by atoms with Crippen LogP contribution in [0.3, 0.4) is 0 Å². The number of rotatable bonds is 4. The molecule has 0 spiro atoms. The number of nitrogens with one attached hydrogen (secondary N) is 1. The summed E-state index contributed by atoms with van der Waals surface area (Å²) in [5.41, 5.74) is 3.10. The first-order valence-electron chi connectivity index (χ1n) is 8.33. The number of anilines is 2. The molecule has 2 aromatic rings. The van der Waals surface area contributed by atoms with E-state index in [-0.39, 0.29) is 5.91 Å². The molecule has 0 unspecified atom stereocenters. The van der Waals surface area contributed by atoms with Gasteiger partial charge in [-0.3, -0.25) is 4.79 Å². The van der Waals surface area contributed by atoms with Crippen molar-refractivity contribution >= 4 is 17.3 Å². The van der Waals surface area contributed by atoms with Crippen molar-refractivity contribution in [2.24, 2.45) is 0 Å². The Hall–Kier alpha value is -2.69. The van der Waals surface area contributed by atoms with E-state index in [1.165, 1.54) is 5.56 Å². The maximum Gasteiger partial charge on any atom is 0.246 e. The molecule has 0 aliphatic carbocycles. The van der Waals surface area contributed by atoms with Gasteiger partial charge in [-0.25, -0.2) is 0 Å². The summed E-state index contributed by atoms with van der Waals surface area (Å²) < 4.78 is 11.3. The molecular formula is C19H20N2O3. The lowest BCUT2D eigenvalue weighted by Gasteiger charge is -2.32. The molecule has 0 saturated carbocycles. The fraction of sp³-hybridized carbons (Fsp3) is 0.316. The molecule has 1 N–H and O–H groups in total. The molecule has 2 heterocycles. The summed E-state index contributed by atoms with van der Waals surface area (Å²) in [6.07, 6.45) is 1.88. The number of hydrogen-bond donors (Lipinski definition) is 1. The number of amides is 1. The van der Waals surface area contributed by atoms with Crippen molar-refractivity contribution in [3.05, 3.63) is 48.0 Å². The monoisotopic (exact) mass is 324 g/mol. The highest BCUT2D eigenvalue weighted by Crippen LogP contribution is 2.41. The number of carbonyl (C=O) groups is 1. The van der Waals surface area contributed by atoms with Crippen molar-refractivity contribution in [2.75, 3.05) is 36.5 Å². The lowest BCUT2D eigenvalue weighted by molar-refractivity contribution is -0.117. The van der Waals surface area contributed by atoms with Gasteiger partial charge in [0.05, 0.1) is 17.9 Å². The smallest absolute Gasteiger partial charge is 0.246 e. The average molecular weight is 324 g/mol. The molecule has 0 aromatic heterocycles. The number of aryl methyl sites for hydroxylation is 1. The van der Waals surface area contributed by atoms with Crippen LogP contribution < -0.4 is 19.7 Å². The van der Waals surface area contributed by atoms with Gasteiger partial charge in [-0.15, -0.1) is 0 Å². The average Bonchev–Trinajstić information content (AvgIpc) is 2.63. The van der Waals surface area contributed by atoms with Gasteiger partial charge in [0.2, 0.25) is 5.91 Å². The Morgan fingerprint density at radius 3 is 2.58 bits per heavy atom. The van der Waals surface area contributed by atoms with Crippen molar-refractivity contribution in [1.82, 2.24) is 0 Å². The van der Waals surface area contributed by atoms with Crippen LogP contribution in [0.15, 0.2) is 42.5 Å². The van der Waals surface area contributed by atoms with Crippen LogP contribution in [0.25, 0.3) is 0 Å². The van der Waals surface area contributed by atoms with Gasteiger partial charge in [-0.05, 0) is 18.4 Å². The number of carbonyl (C=O) groups excluding carboxylic acids is 1. The zero-order chi connectivity index (χ0) is 16.4. The van der Waals surface area contributed by atoms with Crippen LogP contribution in [0.2, 0.25) is 0 Å². The van der Waals surface area contributed by atoms with Crippen LogP contribution in [0.1, 0.15) is 12.0 Å². The summed E-state index contributed by atoms with van der Waals surface area (Å²) in [6.45, 7) is 2.12. The van der Waals surface area contributed by atoms with Crippen molar-refractivity contribution in [2.45, 2.75) is 12.8 Å². The van der Waals surface area contributed by atoms with Crippen LogP contribution >= 0.6 is 0 Å². The van der Waals surface area contributed by atoms with Gasteiger partial charge in [0.1, 0.15) is 13.2 Å². The van der Waals surface area contributed by atoms with Crippen molar-refractivity contribution in [1.29, 1.82) is 0 Å². The molecular weight excluding hydrogens is 304 g/mol. The Kier molecular flexibility index (Phi) is 3.99. The Balaban J connectivity index is 1.52.